The molecule has 23 heavy (non-hydrogen) atoms. The van der Waals surface area contributed by atoms with Gasteiger partial charge >= 0.3 is 5.97 Å². The van der Waals surface area contributed by atoms with Crippen molar-refractivity contribution in [3.63, 3.8) is 0 Å². The van der Waals surface area contributed by atoms with Crippen LogP contribution >= 0.6 is 11.6 Å². The first-order chi connectivity index (χ1) is 10.9. The van der Waals surface area contributed by atoms with Crippen LogP contribution in [0.15, 0.2) is 59.5 Å². The molecule has 0 saturated heterocycles. The maximum atomic E-state index is 12.1. The highest BCUT2D eigenvalue weighted by Crippen LogP contribution is 2.11. The predicted molar refractivity (Wildman–Crippen MR) is 87.5 cm³/mol. The number of carbonyl (C=O) groups is 1. The van der Waals surface area contributed by atoms with Gasteiger partial charge < -0.3 is 4.74 Å². The highest BCUT2D eigenvalue weighted by atomic mass is 35.5. The van der Waals surface area contributed by atoms with Gasteiger partial charge in [-0.1, -0.05) is 41.9 Å². The van der Waals surface area contributed by atoms with E-state index in [-0.39, 0.29) is 11.5 Å². The summed E-state index contributed by atoms with van der Waals surface area (Å²) in [6, 6.07) is 13.7. The Labute approximate surface area is 140 Å². The molecule has 0 aliphatic carbocycles. The molecule has 1 atom stereocenters. The fourth-order valence-electron chi connectivity index (χ4n) is 1.81. The molecule has 0 spiro atoms. The molecule has 0 aliphatic heterocycles. The van der Waals surface area contributed by atoms with Gasteiger partial charge in [0.2, 0.25) is 10.0 Å². The van der Waals surface area contributed by atoms with Crippen molar-refractivity contribution in [3.05, 3.63) is 65.2 Å². The van der Waals surface area contributed by atoms with Gasteiger partial charge in [-0.05, 0) is 36.8 Å². The van der Waals surface area contributed by atoms with Gasteiger partial charge in [0.05, 0.1) is 4.90 Å². The lowest BCUT2D eigenvalue weighted by atomic mass is 10.2. The molecule has 0 unspecified atom stereocenters. The topological polar surface area (TPSA) is 72.5 Å². The Morgan fingerprint density at radius 1 is 1.13 bits per heavy atom. The molecule has 0 aliphatic rings. The Balaban J connectivity index is 1.93. The second-order valence-electron chi connectivity index (χ2n) is 4.89. The number of sulfonamides is 1. The number of nitrogens with one attached hydrogen (secondary N) is 1. The van der Waals surface area contributed by atoms with Gasteiger partial charge in [0, 0.05) is 5.02 Å². The van der Waals surface area contributed by atoms with Crippen LogP contribution in [0.2, 0.25) is 5.02 Å². The van der Waals surface area contributed by atoms with E-state index in [4.69, 9.17) is 16.3 Å². The Morgan fingerprint density at radius 3 is 2.35 bits per heavy atom. The number of benzene rings is 2. The summed E-state index contributed by atoms with van der Waals surface area (Å²) in [5, 5.41) is 0.587. The number of hydrogen-bond acceptors (Lipinski definition) is 4. The van der Waals surface area contributed by atoms with Gasteiger partial charge in [-0.15, -0.1) is 0 Å². The molecular formula is C16H16ClNO4S. The van der Waals surface area contributed by atoms with Crippen LogP contribution in [0.3, 0.4) is 0 Å². The van der Waals surface area contributed by atoms with Crippen molar-refractivity contribution in [2.75, 3.05) is 0 Å². The van der Waals surface area contributed by atoms with Crippen LogP contribution in [0.4, 0.5) is 0 Å². The van der Waals surface area contributed by atoms with Crippen LogP contribution in [0.25, 0.3) is 0 Å². The summed E-state index contributed by atoms with van der Waals surface area (Å²) >= 11 is 5.77. The molecule has 122 valence electrons. The molecule has 0 amide bonds. The average Bonchev–Trinajstić information content (AvgIpc) is 2.54. The molecule has 2 aromatic carbocycles. The molecule has 2 aromatic rings. The van der Waals surface area contributed by atoms with Gasteiger partial charge in [0.15, 0.2) is 0 Å². The zero-order chi connectivity index (χ0) is 16.9. The van der Waals surface area contributed by atoms with Crippen LogP contribution in [-0.4, -0.2) is 20.4 Å². The molecular weight excluding hydrogens is 338 g/mol. The van der Waals surface area contributed by atoms with Crippen LogP contribution in [-0.2, 0) is 26.2 Å². The van der Waals surface area contributed by atoms with Gasteiger partial charge in [-0.25, -0.2) is 8.42 Å². The van der Waals surface area contributed by atoms with Crippen LogP contribution < -0.4 is 4.72 Å². The first-order valence-corrected chi connectivity index (χ1v) is 8.73. The highest BCUT2D eigenvalue weighted by Gasteiger charge is 2.22. The number of halogens is 1. The maximum Gasteiger partial charge on any atom is 0.324 e. The summed E-state index contributed by atoms with van der Waals surface area (Å²) in [4.78, 5) is 12.0. The van der Waals surface area contributed by atoms with Gasteiger partial charge in [-0.3, -0.25) is 4.79 Å². The van der Waals surface area contributed by atoms with E-state index in [1.165, 1.54) is 19.1 Å². The first-order valence-electron chi connectivity index (χ1n) is 6.87. The molecule has 0 heterocycles. The normalized spacial score (nSPS) is 12.6. The Hall–Kier alpha value is -1.89. The number of hydrogen-bond donors (Lipinski definition) is 1. The Kier molecular flexibility index (Phi) is 5.76. The predicted octanol–water partition coefficient (Wildman–Crippen LogP) is 2.75. The summed E-state index contributed by atoms with van der Waals surface area (Å²) in [6.07, 6.45) is 0. The molecule has 1 N–H and O–H groups in total. The van der Waals surface area contributed by atoms with Crippen molar-refractivity contribution < 1.29 is 17.9 Å². The Bertz CT molecular complexity index is 760. The van der Waals surface area contributed by atoms with Crippen molar-refractivity contribution in [1.82, 2.24) is 4.72 Å². The second kappa shape index (κ2) is 7.59. The molecule has 5 nitrogen and oxygen atoms in total. The molecule has 0 fully saturated rings. The third-order valence-electron chi connectivity index (χ3n) is 3.03. The van der Waals surface area contributed by atoms with E-state index in [1.807, 2.05) is 0 Å². The summed E-state index contributed by atoms with van der Waals surface area (Å²) in [6.45, 7) is 1.48. The van der Waals surface area contributed by atoms with Crippen LogP contribution in [0.5, 0.6) is 0 Å². The SMILES string of the molecule is C[C@H](NS(=O)(=O)c1ccccc1)C(=O)OCc1ccc(Cl)cc1. The van der Waals surface area contributed by atoms with Crippen molar-refractivity contribution in [2.24, 2.45) is 0 Å². The van der Waals surface area contributed by atoms with E-state index in [0.29, 0.717) is 5.02 Å². The third kappa shape index (κ3) is 5.06. The van der Waals surface area contributed by atoms with E-state index >= 15 is 0 Å². The maximum absolute atomic E-state index is 12.1. The van der Waals surface area contributed by atoms with Gasteiger partial charge in [-0.2, -0.15) is 4.72 Å². The standard InChI is InChI=1S/C16H16ClNO4S/c1-12(18-23(20,21)15-5-3-2-4-6-15)16(19)22-11-13-7-9-14(17)10-8-13/h2-10,12,18H,11H2,1H3/t12-/m0/s1. The quantitative estimate of drug-likeness (QED) is 0.810. The monoisotopic (exact) mass is 353 g/mol. The van der Waals surface area contributed by atoms with Crippen molar-refractivity contribution in [2.45, 2.75) is 24.5 Å². The van der Waals surface area contributed by atoms with Crippen LogP contribution in [0.1, 0.15) is 12.5 Å². The van der Waals surface area contributed by atoms with Crippen molar-refractivity contribution in [1.29, 1.82) is 0 Å². The zero-order valence-electron chi connectivity index (χ0n) is 12.4. The first kappa shape index (κ1) is 17.5. The van der Waals surface area contributed by atoms with Gasteiger partial charge in [0.25, 0.3) is 0 Å². The smallest absolute Gasteiger partial charge is 0.324 e. The summed E-state index contributed by atoms with van der Waals surface area (Å²) in [7, 11) is -3.76. The fraction of sp³-hybridized carbons (Fsp3) is 0.188. The molecule has 2 rings (SSSR count). The lowest BCUT2D eigenvalue weighted by Crippen LogP contribution is -2.39. The number of esters is 1. The number of carbonyl (C=O) groups excluding carboxylic acids is 1. The minimum Gasteiger partial charge on any atom is -0.460 e. The minimum absolute atomic E-state index is 0.0490. The third-order valence-corrected chi connectivity index (χ3v) is 4.84. The summed E-state index contributed by atoms with van der Waals surface area (Å²) in [5.41, 5.74) is 0.765. The van der Waals surface area contributed by atoms with E-state index in [9.17, 15) is 13.2 Å². The summed E-state index contributed by atoms with van der Waals surface area (Å²) < 4.78 is 31.6. The van der Waals surface area contributed by atoms with Crippen molar-refractivity contribution in [3.8, 4) is 0 Å². The molecule has 0 saturated carbocycles. The van der Waals surface area contributed by atoms with Gasteiger partial charge in [0.1, 0.15) is 12.6 Å². The van der Waals surface area contributed by atoms with E-state index in [0.717, 1.165) is 5.56 Å². The number of ether oxygens (including phenoxy) is 1. The lowest BCUT2D eigenvalue weighted by molar-refractivity contribution is -0.146. The second-order valence-corrected chi connectivity index (χ2v) is 7.04. The Morgan fingerprint density at radius 2 is 1.74 bits per heavy atom. The molecule has 7 heteroatoms. The lowest BCUT2D eigenvalue weighted by Gasteiger charge is -2.14. The van der Waals surface area contributed by atoms with E-state index < -0.39 is 22.0 Å². The van der Waals surface area contributed by atoms with E-state index in [1.54, 1.807) is 42.5 Å². The van der Waals surface area contributed by atoms with Crippen molar-refractivity contribution >= 4 is 27.6 Å². The average molecular weight is 354 g/mol. The largest absolute Gasteiger partial charge is 0.460 e. The van der Waals surface area contributed by atoms with E-state index in [2.05, 4.69) is 4.72 Å². The minimum atomic E-state index is -3.76. The molecule has 0 aromatic heterocycles. The highest BCUT2D eigenvalue weighted by molar-refractivity contribution is 7.89. The summed E-state index contributed by atoms with van der Waals surface area (Å²) in [5.74, 6) is -0.653. The fourth-order valence-corrected chi connectivity index (χ4v) is 3.15. The molecule has 0 bridgehead atoms. The van der Waals surface area contributed by atoms with Crippen LogP contribution in [0, 0.1) is 0 Å². The number of rotatable bonds is 6. The zero-order valence-corrected chi connectivity index (χ0v) is 14.0. The molecule has 0 radical (unpaired) electrons.